The van der Waals surface area contributed by atoms with Crippen molar-refractivity contribution in [2.24, 2.45) is 5.92 Å². The standard InChI is InChI=1S/C15H19IN2O3/c1-10-3-2-6-18(8-10)14(19)9-21-15(20)12-7-11(16)4-5-13(12)17/h4-5,7,10H,2-3,6,8-9,17H2,1H3/t10-/m1/s1. The SMILES string of the molecule is C[C@@H]1CCCN(C(=O)COC(=O)c2cc(I)ccc2N)C1. The predicted octanol–water partition coefficient (Wildman–Crippen LogP) is 2.29. The lowest BCUT2D eigenvalue weighted by Gasteiger charge is -2.30. The molecule has 0 radical (unpaired) electrons. The second kappa shape index (κ2) is 7.11. The molecular weight excluding hydrogens is 383 g/mol. The summed E-state index contributed by atoms with van der Waals surface area (Å²) in [6, 6.07) is 5.13. The molecular formula is C15H19IN2O3. The summed E-state index contributed by atoms with van der Waals surface area (Å²) in [6.07, 6.45) is 2.15. The summed E-state index contributed by atoms with van der Waals surface area (Å²) < 4.78 is 5.99. The number of carbonyl (C=O) groups excluding carboxylic acids is 2. The van der Waals surface area contributed by atoms with Crippen LogP contribution in [0.4, 0.5) is 5.69 Å². The number of nitrogens with two attached hydrogens (primary N) is 1. The first-order valence-electron chi connectivity index (χ1n) is 6.97. The number of piperidine rings is 1. The highest BCUT2D eigenvalue weighted by Crippen LogP contribution is 2.18. The molecule has 0 aromatic heterocycles. The monoisotopic (exact) mass is 402 g/mol. The van der Waals surface area contributed by atoms with E-state index in [2.05, 4.69) is 29.5 Å². The first-order chi connectivity index (χ1) is 9.97. The number of hydrogen-bond donors (Lipinski definition) is 1. The Hall–Kier alpha value is -1.31. The molecule has 1 aromatic carbocycles. The lowest BCUT2D eigenvalue weighted by atomic mass is 10.0. The largest absolute Gasteiger partial charge is 0.452 e. The molecule has 21 heavy (non-hydrogen) atoms. The number of esters is 1. The van der Waals surface area contributed by atoms with E-state index in [0.717, 1.165) is 29.5 Å². The van der Waals surface area contributed by atoms with Crippen molar-refractivity contribution >= 4 is 40.2 Å². The number of nitrogen functional groups attached to an aromatic ring is 1. The summed E-state index contributed by atoms with van der Waals surface area (Å²) in [5.41, 5.74) is 6.43. The summed E-state index contributed by atoms with van der Waals surface area (Å²) in [5.74, 6) is -0.187. The van der Waals surface area contributed by atoms with E-state index in [-0.39, 0.29) is 12.5 Å². The fourth-order valence-corrected chi connectivity index (χ4v) is 2.91. The van der Waals surface area contributed by atoms with Gasteiger partial charge in [0.25, 0.3) is 5.91 Å². The van der Waals surface area contributed by atoms with Crippen molar-refractivity contribution in [2.45, 2.75) is 19.8 Å². The Morgan fingerprint density at radius 3 is 2.95 bits per heavy atom. The lowest BCUT2D eigenvalue weighted by Crippen LogP contribution is -2.41. The molecule has 114 valence electrons. The average molecular weight is 402 g/mol. The second-order valence-electron chi connectivity index (χ2n) is 5.39. The van der Waals surface area contributed by atoms with E-state index in [4.69, 9.17) is 10.5 Å². The molecule has 1 saturated heterocycles. The third-order valence-corrected chi connectivity index (χ3v) is 4.24. The smallest absolute Gasteiger partial charge is 0.340 e. The van der Waals surface area contributed by atoms with Crippen LogP contribution >= 0.6 is 22.6 Å². The highest BCUT2D eigenvalue weighted by atomic mass is 127. The van der Waals surface area contributed by atoms with Gasteiger partial charge in [-0.1, -0.05) is 6.92 Å². The summed E-state index contributed by atoms with van der Waals surface area (Å²) >= 11 is 2.10. The number of likely N-dealkylation sites (tertiary alicyclic amines) is 1. The number of carbonyl (C=O) groups is 2. The number of nitrogens with zero attached hydrogens (tertiary/aromatic N) is 1. The second-order valence-corrected chi connectivity index (χ2v) is 6.64. The van der Waals surface area contributed by atoms with Crippen LogP contribution < -0.4 is 5.73 Å². The molecule has 1 aliphatic heterocycles. The first-order valence-corrected chi connectivity index (χ1v) is 8.05. The fourth-order valence-electron chi connectivity index (χ4n) is 2.42. The molecule has 0 aliphatic carbocycles. The number of amides is 1. The van der Waals surface area contributed by atoms with Gasteiger partial charge in [0.15, 0.2) is 6.61 Å². The van der Waals surface area contributed by atoms with Crippen LogP contribution in [0.5, 0.6) is 0 Å². The van der Waals surface area contributed by atoms with Crippen LogP contribution in [0.15, 0.2) is 18.2 Å². The minimum atomic E-state index is -0.551. The minimum absolute atomic E-state index is 0.140. The van der Waals surface area contributed by atoms with Crippen molar-refractivity contribution in [3.05, 3.63) is 27.3 Å². The van der Waals surface area contributed by atoms with Gasteiger partial charge in [0.1, 0.15) is 0 Å². The van der Waals surface area contributed by atoms with Crippen molar-refractivity contribution in [1.29, 1.82) is 0 Å². The number of halogens is 1. The lowest BCUT2D eigenvalue weighted by molar-refractivity contribution is -0.136. The Morgan fingerprint density at radius 1 is 1.48 bits per heavy atom. The van der Waals surface area contributed by atoms with E-state index in [1.165, 1.54) is 0 Å². The number of anilines is 1. The number of benzene rings is 1. The van der Waals surface area contributed by atoms with E-state index in [9.17, 15) is 9.59 Å². The van der Waals surface area contributed by atoms with E-state index >= 15 is 0 Å². The first kappa shape index (κ1) is 16.1. The summed E-state index contributed by atoms with van der Waals surface area (Å²) in [7, 11) is 0. The Balaban J connectivity index is 1.91. The molecule has 0 spiro atoms. The highest BCUT2D eigenvalue weighted by Gasteiger charge is 2.22. The Bertz CT molecular complexity index is 548. The van der Waals surface area contributed by atoms with Crippen molar-refractivity contribution in [1.82, 2.24) is 4.90 Å². The maximum Gasteiger partial charge on any atom is 0.340 e. The van der Waals surface area contributed by atoms with Gasteiger partial charge in [0.2, 0.25) is 0 Å². The number of hydrogen-bond acceptors (Lipinski definition) is 4. The van der Waals surface area contributed by atoms with Crippen LogP contribution in [-0.2, 0) is 9.53 Å². The van der Waals surface area contributed by atoms with Crippen LogP contribution in [0.25, 0.3) is 0 Å². The summed E-state index contributed by atoms with van der Waals surface area (Å²) in [5, 5.41) is 0. The molecule has 1 aromatic rings. The molecule has 0 bridgehead atoms. The van der Waals surface area contributed by atoms with Gasteiger partial charge < -0.3 is 15.4 Å². The van der Waals surface area contributed by atoms with Gasteiger partial charge in [-0.3, -0.25) is 4.79 Å². The summed E-state index contributed by atoms with van der Waals surface area (Å²) in [4.78, 5) is 25.8. The van der Waals surface area contributed by atoms with Crippen LogP contribution in [0.1, 0.15) is 30.1 Å². The van der Waals surface area contributed by atoms with Crippen LogP contribution in [0.2, 0.25) is 0 Å². The van der Waals surface area contributed by atoms with E-state index < -0.39 is 5.97 Å². The normalized spacial score (nSPS) is 18.4. The van der Waals surface area contributed by atoms with Crippen LogP contribution in [0.3, 0.4) is 0 Å². The van der Waals surface area contributed by atoms with Gasteiger partial charge in [-0.25, -0.2) is 4.79 Å². The number of rotatable bonds is 3. The van der Waals surface area contributed by atoms with E-state index in [0.29, 0.717) is 17.2 Å². The van der Waals surface area contributed by atoms with Gasteiger partial charge in [-0.2, -0.15) is 0 Å². The maximum absolute atomic E-state index is 12.0. The molecule has 0 unspecified atom stereocenters. The summed E-state index contributed by atoms with van der Waals surface area (Å²) in [6.45, 7) is 3.38. The van der Waals surface area contributed by atoms with Gasteiger partial charge in [-0.05, 0) is 59.5 Å². The molecule has 6 heteroatoms. The maximum atomic E-state index is 12.0. The topological polar surface area (TPSA) is 72.6 Å². The average Bonchev–Trinajstić information content (AvgIpc) is 2.47. The Labute approximate surface area is 138 Å². The van der Waals surface area contributed by atoms with Crippen molar-refractivity contribution in [3.8, 4) is 0 Å². The van der Waals surface area contributed by atoms with Gasteiger partial charge in [-0.15, -0.1) is 0 Å². The Morgan fingerprint density at radius 2 is 2.24 bits per heavy atom. The van der Waals surface area contributed by atoms with Crippen molar-refractivity contribution in [2.75, 3.05) is 25.4 Å². The van der Waals surface area contributed by atoms with Gasteiger partial charge in [0, 0.05) is 22.3 Å². The van der Waals surface area contributed by atoms with Gasteiger partial charge >= 0.3 is 5.97 Å². The van der Waals surface area contributed by atoms with Crippen LogP contribution in [0, 0.1) is 9.49 Å². The van der Waals surface area contributed by atoms with Crippen LogP contribution in [-0.4, -0.2) is 36.5 Å². The minimum Gasteiger partial charge on any atom is -0.452 e. The molecule has 2 N–H and O–H groups in total. The van der Waals surface area contributed by atoms with E-state index in [1.807, 2.05) is 6.07 Å². The zero-order valence-electron chi connectivity index (χ0n) is 12.0. The number of ether oxygens (including phenoxy) is 1. The quantitative estimate of drug-likeness (QED) is 0.479. The van der Waals surface area contributed by atoms with Gasteiger partial charge in [0.05, 0.1) is 5.56 Å². The molecule has 1 amide bonds. The molecule has 5 nitrogen and oxygen atoms in total. The molecule has 1 aliphatic rings. The highest BCUT2D eigenvalue weighted by molar-refractivity contribution is 14.1. The molecule has 1 heterocycles. The molecule has 1 fully saturated rings. The molecule has 2 rings (SSSR count). The third-order valence-electron chi connectivity index (χ3n) is 3.57. The zero-order chi connectivity index (χ0) is 15.4. The van der Waals surface area contributed by atoms with Crippen molar-refractivity contribution < 1.29 is 14.3 Å². The Kier molecular flexibility index (Phi) is 5.44. The predicted molar refractivity (Wildman–Crippen MR) is 88.8 cm³/mol. The van der Waals surface area contributed by atoms with E-state index in [1.54, 1.807) is 17.0 Å². The molecule has 0 saturated carbocycles. The molecule has 1 atom stereocenters. The zero-order valence-corrected chi connectivity index (χ0v) is 14.1. The third kappa shape index (κ3) is 4.33. The van der Waals surface area contributed by atoms with Crippen molar-refractivity contribution in [3.63, 3.8) is 0 Å². The fraction of sp³-hybridized carbons (Fsp3) is 0.467.